The van der Waals surface area contributed by atoms with E-state index in [1.807, 2.05) is 30.3 Å². The van der Waals surface area contributed by atoms with Crippen LogP contribution in [0.2, 0.25) is 0 Å². The highest BCUT2D eigenvalue weighted by molar-refractivity contribution is 7.88. The Bertz CT molecular complexity index is 772. The number of methoxy groups -OCH3 is 1. The van der Waals surface area contributed by atoms with Crippen molar-refractivity contribution in [1.29, 1.82) is 0 Å². The van der Waals surface area contributed by atoms with Gasteiger partial charge in [0.1, 0.15) is 17.5 Å². The Morgan fingerprint density at radius 3 is 2.17 bits per heavy atom. The molecule has 0 aliphatic heterocycles. The summed E-state index contributed by atoms with van der Waals surface area (Å²) >= 11 is 0. The SMILES string of the molecule is COc1ccc(OC(=O)[C@H](Cc2ccccc2)NS(C)(=O)=O)cc1. The predicted octanol–water partition coefficient (Wildman–Crippen LogP) is 1.76. The van der Waals surface area contributed by atoms with Crippen molar-refractivity contribution in [1.82, 2.24) is 4.72 Å². The van der Waals surface area contributed by atoms with Crippen LogP contribution in [-0.4, -0.2) is 33.8 Å². The molecular weight excluding hydrogens is 330 g/mol. The summed E-state index contributed by atoms with van der Waals surface area (Å²) in [4.78, 5) is 12.4. The molecule has 0 aliphatic rings. The first-order valence-electron chi connectivity index (χ1n) is 7.24. The van der Waals surface area contributed by atoms with Crippen molar-refractivity contribution in [3.8, 4) is 11.5 Å². The van der Waals surface area contributed by atoms with Crippen LogP contribution in [0.1, 0.15) is 5.56 Å². The van der Waals surface area contributed by atoms with Gasteiger partial charge in [-0.15, -0.1) is 0 Å². The average molecular weight is 349 g/mol. The molecule has 0 saturated carbocycles. The van der Waals surface area contributed by atoms with Crippen molar-refractivity contribution >= 4 is 16.0 Å². The highest BCUT2D eigenvalue weighted by Crippen LogP contribution is 2.18. The molecule has 7 heteroatoms. The lowest BCUT2D eigenvalue weighted by Crippen LogP contribution is -2.44. The number of nitrogens with one attached hydrogen (secondary N) is 1. The van der Waals surface area contributed by atoms with E-state index in [1.165, 1.54) is 7.11 Å². The largest absolute Gasteiger partial charge is 0.497 e. The maximum absolute atomic E-state index is 12.4. The lowest BCUT2D eigenvalue weighted by Gasteiger charge is -2.16. The van der Waals surface area contributed by atoms with Crippen molar-refractivity contribution < 1.29 is 22.7 Å². The summed E-state index contributed by atoms with van der Waals surface area (Å²) < 4.78 is 35.7. The van der Waals surface area contributed by atoms with Crippen molar-refractivity contribution in [3.63, 3.8) is 0 Å². The Morgan fingerprint density at radius 1 is 1.04 bits per heavy atom. The highest BCUT2D eigenvalue weighted by Gasteiger charge is 2.24. The molecule has 0 aliphatic carbocycles. The molecule has 0 unspecified atom stereocenters. The summed E-state index contributed by atoms with van der Waals surface area (Å²) in [7, 11) is -2.03. The maximum atomic E-state index is 12.4. The van der Waals surface area contributed by atoms with Crippen LogP contribution in [0.4, 0.5) is 0 Å². The third kappa shape index (κ3) is 5.68. The number of carbonyl (C=O) groups is 1. The van der Waals surface area contributed by atoms with Gasteiger partial charge in [-0.05, 0) is 36.2 Å². The minimum atomic E-state index is -3.56. The lowest BCUT2D eigenvalue weighted by atomic mass is 10.1. The van der Waals surface area contributed by atoms with Crippen molar-refractivity contribution in [2.75, 3.05) is 13.4 Å². The van der Waals surface area contributed by atoms with Gasteiger partial charge in [0, 0.05) is 0 Å². The van der Waals surface area contributed by atoms with E-state index in [-0.39, 0.29) is 6.42 Å². The quantitative estimate of drug-likeness (QED) is 0.608. The van der Waals surface area contributed by atoms with Crippen LogP contribution in [0.5, 0.6) is 11.5 Å². The third-order valence-corrected chi connectivity index (χ3v) is 3.91. The highest BCUT2D eigenvalue weighted by atomic mass is 32.2. The van der Waals surface area contributed by atoms with Gasteiger partial charge < -0.3 is 9.47 Å². The Labute approximate surface area is 141 Å². The molecule has 0 spiro atoms. The summed E-state index contributed by atoms with van der Waals surface area (Å²) in [6.45, 7) is 0. The van der Waals surface area contributed by atoms with Crippen LogP contribution < -0.4 is 14.2 Å². The average Bonchev–Trinajstić information content (AvgIpc) is 2.54. The second-order valence-electron chi connectivity index (χ2n) is 5.23. The molecule has 0 fully saturated rings. The number of hydrogen-bond acceptors (Lipinski definition) is 5. The van der Waals surface area contributed by atoms with Gasteiger partial charge in [-0.1, -0.05) is 30.3 Å². The fraction of sp³-hybridized carbons (Fsp3) is 0.235. The molecular formula is C17H19NO5S. The van der Waals surface area contributed by atoms with E-state index in [9.17, 15) is 13.2 Å². The van der Waals surface area contributed by atoms with E-state index >= 15 is 0 Å². The molecule has 2 rings (SSSR count). The van der Waals surface area contributed by atoms with Gasteiger partial charge in [-0.3, -0.25) is 0 Å². The summed E-state index contributed by atoms with van der Waals surface area (Å²) in [5, 5.41) is 0. The number of rotatable bonds is 7. The second-order valence-corrected chi connectivity index (χ2v) is 7.01. The smallest absolute Gasteiger partial charge is 0.329 e. The molecule has 0 radical (unpaired) electrons. The maximum Gasteiger partial charge on any atom is 0.329 e. The molecule has 2 aromatic carbocycles. The standard InChI is InChI=1S/C17H19NO5S/c1-22-14-8-10-15(11-9-14)23-17(19)16(18-24(2,20)21)12-13-6-4-3-5-7-13/h3-11,16,18H,12H2,1-2H3/t16-/m0/s1. The first-order valence-corrected chi connectivity index (χ1v) is 9.13. The summed E-state index contributed by atoms with van der Waals surface area (Å²) in [5.74, 6) is 0.272. The van der Waals surface area contributed by atoms with Crippen LogP contribution in [0.25, 0.3) is 0 Å². The molecule has 1 atom stereocenters. The lowest BCUT2D eigenvalue weighted by molar-refractivity contribution is -0.136. The number of hydrogen-bond donors (Lipinski definition) is 1. The first kappa shape index (κ1) is 18.0. The first-order chi connectivity index (χ1) is 11.4. The van der Waals surface area contributed by atoms with Crippen LogP contribution in [0.3, 0.4) is 0 Å². The minimum Gasteiger partial charge on any atom is -0.497 e. The zero-order valence-electron chi connectivity index (χ0n) is 13.4. The Kier molecular flexibility index (Phi) is 5.94. The number of carbonyl (C=O) groups excluding carboxylic acids is 1. The molecule has 1 N–H and O–H groups in total. The number of benzene rings is 2. The van der Waals surface area contributed by atoms with Gasteiger partial charge in [0.2, 0.25) is 10.0 Å². The molecule has 128 valence electrons. The molecule has 0 amide bonds. The van der Waals surface area contributed by atoms with E-state index in [2.05, 4.69) is 4.72 Å². The minimum absolute atomic E-state index is 0.197. The Hall–Kier alpha value is -2.38. The molecule has 0 heterocycles. The summed E-state index contributed by atoms with van der Waals surface area (Å²) in [6.07, 6.45) is 1.20. The second kappa shape index (κ2) is 7.94. The predicted molar refractivity (Wildman–Crippen MR) is 90.5 cm³/mol. The van der Waals surface area contributed by atoms with Gasteiger partial charge >= 0.3 is 5.97 Å². The summed E-state index contributed by atoms with van der Waals surface area (Å²) in [6, 6.07) is 14.6. The van der Waals surface area contributed by atoms with E-state index in [1.54, 1.807) is 24.3 Å². The van der Waals surface area contributed by atoms with Crippen molar-refractivity contribution in [3.05, 3.63) is 60.2 Å². The summed E-state index contributed by atoms with van der Waals surface area (Å²) in [5.41, 5.74) is 0.824. The Balaban J connectivity index is 2.13. The fourth-order valence-corrected chi connectivity index (χ4v) is 2.81. The number of ether oxygens (including phenoxy) is 2. The molecule has 24 heavy (non-hydrogen) atoms. The monoisotopic (exact) mass is 349 g/mol. The molecule has 6 nitrogen and oxygen atoms in total. The van der Waals surface area contributed by atoms with Crippen LogP contribution in [0.15, 0.2) is 54.6 Å². The van der Waals surface area contributed by atoms with Crippen LogP contribution in [0, 0.1) is 0 Å². The van der Waals surface area contributed by atoms with E-state index in [4.69, 9.17) is 9.47 Å². The molecule has 2 aromatic rings. The third-order valence-electron chi connectivity index (χ3n) is 3.20. The fourth-order valence-electron chi connectivity index (χ4n) is 2.11. The molecule has 0 saturated heterocycles. The van der Waals surface area contributed by atoms with E-state index in [0.717, 1.165) is 11.8 Å². The van der Waals surface area contributed by atoms with Gasteiger partial charge in [0.15, 0.2) is 0 Å². The Morgan fingerprint density at radius 2 is 1.62 bits per heavy atom. The zero-order valence-corrected chi connectivity index (χ0v) is 14.2. The van der Waals surface area contributed by atoms with Gasteiger partial charge in [0.25, 0.3) is 0 Å². The van der Waals surface area contributed by atoms with E-state index in [0.29, 0.717) is 11.5 Å². The van der Waals surface area contributed by atoms with Crippen LogP contribution in [-0.2, 0) is 21.2 Å². The molecule has 0 bridgehead atoms. The van der Waals surface area contributed by atoms with Gasteiger partial charge in [-0.25, -0.2) is 17.9 Å². The normalized spacial score (nSPS) is 12.4. The number of esters is 1. The zero-order chi connectivity index (χ0) is 17.6. The van der Waals surface area contributed by atoms with Gasteiger partial charge in [0.05, 0.1) is 13.4 Å². The van der Waals surface area contributed by atoms with Crippen molar-refractivity contribution in [2.45, 2.75) is 12.5 Å². The van der Waals surface area contributed by atoms with Crippen molar-refractivity contribution in [2.24, 2.45) is 0 Å². The topological polar surface area (TPSA) is 81.7 Å². The van der Waals surface area contributed by atoms with Gasteiger partial charge in [-0.2, -0.15) is 0 Å². The molecule has 0 aromatic heterocycles. The number of sulfonamides is 1. The van der Waals surface area contributed by atoms with Crippen LogP contribution >= 0.6 is 0 Å². The van der Waals surface area contributed by atoms with E-state index < -0.39 is 22.0 Å².